The Bertz CT molecular complexity index is 698. The van der Waals surface area contributed by atoms with Gasteiger partial charge in [0.05, 0.1) is 16.8 Å². The lowest BCUT2D eigenvalue weighted by atomic mass is 10.1. The molecule has 0 bridgehead atoms. The molecule has 0 radical (unpaired) electrons. The van der Waals surface area contributed by atoms with E-state index < -0.39 is 17.7 Å². The van der Waals surface area contributed by atoms with E-state index >= 15 is 0 Å². The van der Waals surface area contributed by atoms with Crippen LogP contribution in [-0.2, 0) is 10.9 Å². The number of alkyl halides is 3. The van der Waals surface area contributed by atoms with Crippen molar-refractivity contribution in [2.75, 3.05) is 18.5 Å². The van der Waals surface area contributed by atoms with E-state index in [9.17, 15) is 18.0 Å². The van der Waals surface area contributed by atoms with Gasteiger partial charge in [0.2, 0.25) is 0 Å². The van der Waals surface area contributed by atoms with Gasteiger partial charge in [-0.15, -0.1) is 0 Å². The van der Waals surface area contributed by atoms with Gasteiger partial charge in [0.1, 0.15) is 12.2 Å². The highest BCUT2D eigenvalue weighted by Crippen LogP contribution is 2.37. The highest BCUT2D eigenvalue weighted by molar-refractivity contribution is 6.06. The minimum atomic E-state index is -4.49. The van der Waals surface area contributed by atoms with Crippen LogP contribution in [0.4, 0.5) is 18.9 Å². The number of fused-ring (bicyclic) bond motifs is 3. The number of para-hydroxylation sites is 1. The van der Waals surface area contributed by atoms with E-state index in [1.165, 1.54) is 12.1 Å². The van der Waals surface area contributed by atoms with Crippen LogP contribution in [0.3, 0.4) is 0 Å². The molecule has 0 unspecified atom stereocenters. The molecule has 0 saturated carbocycles. The lowest BCUT2D eigenvalue weighted by molar-refractivity contribution is -0.136. The number of hydrogen-bond donors (Lipinski definition) is 1. The summed E-state index contributed by atoms with van der Waals surface area (Å²) in [5, 5.41) is 3.18. The molecule has 1 N–H and O–H groups in total. The largest absolute Gasteiger partial charge is 0.460 e. The van der Waals surface area contributed by atoms with Crippen LogP contribution in [0.2, 0.25) is 0 Å². The molecule has 2 heterocycles. The smallest absolute Gasteiger partial charge is 0.418 e. The second-order valence-electron chi connectivity index (χ2n) is 4.31. The van der Waals surface area contributed by atoms with Gasteiger partial charge in [-0.1, -0.05) is 12.1 Å². The van der Waals surface area contributed by atoms with Crippen molar-refractivity contribution < 1.29 is 22.7 Å². The molecular formula is C13H9F3N2O2. The summed E-state index contributed by atoms with van der Waals surface area (Å²) in [6.07, 6.45) is -3.38. The van der Waals surface area contributed by atoms with E-state index in [1.807, 2.05) is 0 Å². The van der Waals surface area contributed by atoms with Crippen LogP contribution in [0.5, 0.6) is 0 Å². The molecule has 3 rings (SSSR count). The van der Waals surface area contributed by atoms with E-state index in [4.69, 9.17) is 4.74 Å². The summed E-state index contributed by atoms with van der Waals surface area (Å²) >= 11 is 0. The Labute approximate surface area is 111 Å². The van der Waals surface area contributed by atoms with E-state index in [-0.39, 0.29) is 23.1 Å². The number of carbonyl (C=O) groups excluding carboxylic acids is 1. The lowest BCUT2D eigenvalue weighted by Crippen LogP contribution is -2.09. The zero-order valence-corrected chi connectivity index (χ0v) is 10.1. The number of aromatic nitrogens is 1. The summed E-state index contributed by atoms with van der Waals surface area (Å²) in [6, 6.07) is 3.77. The fourth-order valence-electron chi connectivity index (χ4n) is 2.19. The molecular weight excluding hydrogens is 273 g/mol. The van der Waals surface area contributed by atoms with Crippen molar-refractivity contribution in [1.29, 1.82) is 0 Å². The third-order valence-electron chi connectivity index (χ3n) is 3.06. The van der Waals surface area contributed by atoms with Crippen LogP contribution in [0.15, 0.2) is 24.4 Å². The van der Waals surface area contributed by atoms with Gasteiger partial charge >= 0.3 is 12.1 Å². The maximum atomic E-state index is 13.0. The molecule has 0 fully saturated rings. The van der Waals surface area contributed by atoms with Gasteiger partial charge in [0, 0.05) is 18.1 Å². The molecule has 7 heteroatoms. The van der Waals surface area contributed by atoms with Crippen molar-refractivity contribution in [3.05, 3.63) is 35.5 Å². The predicted molar refractivity (Wildman–Crippen MR) is 65.5 cm³/mol. The first-order valence-corrected chi connectivity index (χ1v) is 5.88. The number of pyridine rings is 1. The topological polar surface area (TPSA) is 51.2 Å². The zero-order valence-electron chi connectivity index (χ0n) is 10.1. The number of nitrogens with zero attached hydrogens (tertiary/aromatic N) is 1. The van der Waals surface area contributed by atoms with E-state index in [0.717, 1.165) is 12.3 Å². The summed E-state index contributed by atoms with van der Waals surface area (Å²) in [5.74, 6) is -0.586. The molecule has 1 aliphatic rings. The first-order valence-electron chi connectivity index (χ1n) is 5.88. The number of halogens is 3. The van der Waals surface area contributed by atoms with Crippen molar-refractivity contribution in [2.45, 2.75) is 6.18 Å². The van der Waals surface area contributed by atoms with Gasteiger partial charge in [0.15, 0.2) is 0 Å². The van der Waals surface area contributed by atoms with Crippen molar-refractivity contribution in [1.82, 2.24) is 4.98 Å². The predicted octanol–water partition coefficient (Wildman–Crippen LogP) is 2.84. The molecule has 2 aromatic rings. The number of rotatable bonds is 0. The number of anilines is 1. The maximum Gasteiger partial charge on any atom is 0.418 e. The second kappa shape index (κ2) is 4.36. The van der Waals surface area contributed by atoms with Gasteiger partial charge in [0.25, 0.3) is 0 Å². The van der Waals surface area contributed by atoms with Crippen molar-refractivity contribution in [3.63, 3.8) is 0 Å². The Balaban J connectivity index is 2.32. The van der Waals surface area contributed by atoms with E-state index in [0.29, 0.717) is 12.2 Å². The quantitative estimate of drug-likeness (QED) is 0.755. The standard InChI is InChI=1S/C13H9F3N2O2/c14-13(15,16)9-3-1-2-7-10-8(6-18-11(7)9)12(19)20-5-4-17-10/h1-3,6,17H,4-5H2. The van der Waals surface area contributed by atoms with Gasteiger partial charge in [-0.3, -0.25) is 4.98 Å². The number of hydrogen-bond acceptors (Lipinski definition) is 4. The zero-order chi connectivity index (χ0) is 14.3. The first-order chi connectivity index (χ1) is 9.48. The molecule has 0 aliphatic carbocycles. The Kier molecular flexibility index (Phi) is 2.77. The average Bonchev–Trinajstić information content (AvgIpc) is 2.59. The molecule has 0 saturated heterocycles. The number of benzene rings is 1. The van der Waals surface area contributed by atoms with Crippen LogP contribution in [0.25, 0.3) is 10.9 Å². The fraction of sp³-hybridized carbons (Fsp3) is 0.231. The molecule has 0 atom stereocenters. The van der Waals surface area contributed by atoms with Gasteiger partial charge < -0.3 is 10.1 Å². The Morgan fingerprint density at radius 2 is 2.10 bits per heavy atom. The van der Waals surface area contributed by atoms with Crippen molar-refractivity contribution >= 4 is 22.6 Å². The number of ether oxygens (including phenoxy) is 1. The third-order valence-corrected chi connectivity index (χ3v) is 3.06. The van der Waals surface area contributed by atoms with Gasteiger partial charge in [-0.2, -0.15) is 13.2 Å². The minimum Gasteiger partial charge on any atom is -0.460 e. The fourth-order valence-corrected chi connectivity index (χ4v) is 2.19. The highest BCUT2D eigenvalue weighted by atomic mass is 19.4. The Morgan fingerprint density at radius 1 is 1.30 bits per heavy atom. The minimum absolute atomic E-state index is 0.148. The Hall–Kier alpha value is -2.31. The van der Waals surface area contributed by atoms with Crippen LogP contribution >= 0.6 is 0 Å². The molecule has 1 aliphatic heterocycles. The number of nitrogens with one attached hydrogen (secondary N) is 1. The van der Waals surface area contributed by atoms with Gasteiger partial charge in [-0.25, -0.2) is 4.79 Å². The molecule has 0 amide bonds. The summed E-state index contributed by atoms with van der Waals surface area (Å²) in [5.41, 5.74) is -0.518. The molecule has 4 nitrogen and oxygen atoms in total. The van der Waals surface area contributed by atoms with Crippen molar-refractivity contribution in [2.24, 2.45) is 0 Å². The van der Waals surface area contributed by atoms with Crippen LogP contribution in [-0.4, -0.2) is 24.1 Å². The normalized spacial score (nSPS) is 15.2. The highest BCUT2D eigenvalue weighted by Gasteiger charge is 2.34. The average molecular weight is 282 g/mol. The molecule has 20 heavy (non-hydrogen) atoms. The molecule has 0 spiro atoms. The van der Waals surface area contributed by atoms with Crippen LogP contribution in [0.1, 0.15) is 15.9 Å². The van der Waals surface area contributed by atoms with Crippen LogP contribution in [0, 0.1) is 0 Å². The summed E-state index contributed by atoms with van der Waals surface area (Å²) in [6.45, 7) is 0.502. The van der Waals surface area contributed by atoms with Crippen molar-refractivity contribution in [3.8, 4) is 0 Å². The molecule has 1 aromatic heterocycles. The maximum absolute atomic E-state index is 13.0. The summed E-state index contributed by atoms with van der Waals surface area (Å²) in [7, 11) is 0. The van der Waals surface area contributed by atoms with Crippen LogP contribution < -0.4 is 5.32 Å². The summed E-state index contributed by atoms with van der Waals surface area (Å²) in [4.78, 5) is 15.5. The monoisotopic (exact) mass is 282 g/mol. The Morgan fingerprint density at radius 3 is 2.85 bits per heavy atom. The second-order valence-corrected chi connectivity index (χ2v) is 4.31. The van der Waals surface area contributed by atoms with E-state index in [2.05, 4.69) is 10.3 Å². The van der Waals surface area contributed by atoms with E-state index in [1.54, 1.807) is 0 Å². The molecule has 104 valence electrons. The third kappa shape index (κ3) is 1.95. The number of carbonyl (C=O) groups is 1. The lowest BCUT2D eigenvalue weighted by Gasteiger charge is -2.13. The first kappa shape index (κ1) is 12.7. The van der Waals surface area contributed by atoms with Gasteiger partial charge in [-0.05, 0) is 6.07 Å². The number of esters is 1. The SMILES string of the molecule is O=C1OCCNc2c1cnc1c(C(F)(F)F)cccc21. The summed E-state index contributed by atoms with van der Waals surface area (Å²) < 4.78 is 43.8. The number of cyclic esters (lactones) is 1. The molecule has 1 aromatic carbocycles.